The van der Waals surface area contributed by atoms with Crippen LogP contribution in [0.2, 0.25) is 0 Å². The van der Waals surface area contributed by atoms with Crippen LogP contribution < -0.4 is 0 Å². The highest BCUT2D eigenvalue weighted by Gasteiger charge is 2.22. The minimum Gasteiger partial charge on any atom is -0.263 e. The van der Waals surface area contributed by atoms with Gasteiger partial charge in [-0.05, 0) is 35.4 Å². The first-order chi connectivity index (χ1) is 11.1. The topological polar surface area (TPSA) is 56.0 Å². The van der Waals surface area contributed by atoms with Crippen molar-refractivity contribution in [2.24, 2.45) is 0 Å². The number of benzene rings is 2. The number of nitro groups is 1. The summed E-state index contributed by atoms with van der Waals surface area (Å²) in [6.07, 6.45) is 2.72. The molecular formula is C17H10F2N2O2. The summed E-state index contributed by atoms with van der Waals surface area (Å²) in [5.74, 6) is -0.863. The lowest BCUT2D eigenvalue weighted by molar-refractivity contribution is -0.383. The van der Waals surface area contributed by atoms with Crippen LogP contribution in [0.25, 0.3) is 22.3 Å². The lowest BCUT2D eigenvalue weighted by atomic mass is 9.99. The van der Waals surface area contributed by atoms with E-state index in [2.05, 4.69) is 4.98 Å². The molecule has 0 radical (unpaired) electrons. The molecule has 6 heteroatoms. The highest BCUT2D eigenvalue weighted by molar-refractivity contribution is 5.84. The minimum atomic E-state index is -0.515. The molecule has 0 aliphatic carbocycles. The molecule has 0 N–H and O–H groups in total. The average Bonchev–Trinajstić information content (AvgIpc) is 2.55. The molecule has 0 saturated carbocycles. The third-order valence-corrected chi connectivity index (χ3v) is 3.41. The smallest absolute Gasteiger partial charge is 0.263 e. The van der Waals surface area contributed by atoms with Crippen LogP contribution in [0.3, 0.4) is 0 Å². The van der Waals surface area contributed by atoms with Crippen LogP contribution in [-0.4, -0.2) is 9.91 Å². The molecule has 0 aliphatic rings. The molecule has 0 saturated heterocycles. The van der Waals surface area contributed by atoms with Crippen LogP contribution in [0.1, 0.15) is 0 Å². The number of rotatable bonds is 3. The highest BCUT2D eigenvalue weighted by atomic mass is 19.1. The molecule has 0 spiro atoms. The summed E-state index contributed by atoms with van der Waals surface area (Å²) in [5, 5.41) is 11.6. The van der Waals surface area contributed by atoms with Crippen molar-refractivity contribution in [3.05, 3.63) is 82.7 Å². The molecular weight excluding hydrogens is 302 g/mol. The molecule has 4 nitrogen and oxygen atoms in total. The first-order valence-corrected chi connectivity index (χ1v) is 6.70. The summed E-state index contributed by atoms with van der Waals surface area (Å²) in [6, 6.07) is 10.7. The van der Waals surface area contributed by atoms with Gasteiger partial charge in [0.1, 0.15) is 11.6 Å². The molecule has 1 aromatic heterocycles. The van der Waals surface area contributed by atoms with E-state index in [0.717, 1.165) is 0 Å². The Morgan fingerprint density at radius 3 is 1.52 bits per heavy atom. The summed E-state index contributed by atoms with van der Waals surface area (Å²) in [6.45, 7) is 0. The Morgan fingerprint density at radius 1 is 0.783 bits per heavy atom. The predicted octanol–water partition coefficient (Wildman–Crippen LogP) is 4.60. The van der Waals surface area contributed by atoms with Crippen molar-refractivity contribution < 1.29 is 13.7 Å². The fourth-order valence-electron chi connectivity index (χ4n) is 2.33. The van der Waals surface area contributed by atoms with Crippen molar-refractivity contribution in [3.8, 4) is 22.3 Å². The molecule has 3 aromatic rings. The molecule has 23 heavy (non-hydrogen) atoms. The number of aromatic nitrogens is 1. The number of nitrogens with zero attached hydrogens (tertiary/aromatic N) is 2. The lowest BCUT2D eigenvalue weighted by Crippen LogP contribution is -1.97. The van der Waals surface area contributed by atoms with E-state index in [1.54, 1.807) is 0 Å². The van der Waals surface area contributed by atoms with E-state index in [1.165, 1.54) is 60.9 Å². The molecule has 1 heterocycles. The van der Waals surface area contributed by atoms with E-state index in [0.29, 0.717) is 11.1 Å². The quantitative estimate of drug-likeness (QED) is 0.524. The van der Waals surface area contributed by atoms with Gasteiger partial charge in [-0.25, -0.2) is 8.78 Å². The maximum Gasteiger partial charge on any atom is 0.288 e. The average molecular weight is 312 g/mol. The number of pyridine rings is 1. The van der Waals surface area contributed by atoms with Gasteiger partial charge >= 0.3 is 0 Å². The van der Waals surface area contributed by atoms with Gasteiger partial charge in [0.05, 0.1) is 16.1 Å². The van der Waals surface area contributed by atoms with Crippen molar-refractivity contribution in [3.63, 3.8) is 0 Å². The van der Waals surface area contributed by atoms with Gasteiger partial charge in [-0.1, -0.05) is 24.3 Å². The Kier molecular flexibility index (Phi) is 3.80. The van der Waals surface area contributed by atoms with Gasteiger partial charge in [0.2, 0.25) is 0 Å². The largest absolute Gasteiger partial charge is 0.288 e. The van der Waals surface area contributed by atoms with Crippen molar-refractivity contribution >= 4 is 5.69 Å². The molecule has 0 atom stereocenters. The summed E-state index contributed by atoms with van der Waals surface area (Å²) < 4.78 is 26.1. The molecule has 0 aliphatic heterocycles. The second-order valence-electron chi connectivity index (χ2n) is 4.85. The van der Waals surface area contributed by atoms with E-state index >= 15 is 0 Å². The maximum absolute atomic E-state index is 13.1. The number of halogens is 2. The van der Waals surface area contributed by atoms with Gasteiger partial charge in [-0.3, -0.25) is 15.1 Å². The van der Waals surface area contributed by atoms with Gasteiger partial charge in [0.15, 0.2) is 0 Å². The third-order valence-electron chi connectivity index (χ3n) is 3.41. The van der Waals surface area contributed by atoms with Crippen molar-refractivity contribution in [2.75, 3.05) is 0 Å². The predicted molar refractivity (Wildman–Crippen MR) is 81.7 cm³/mol. The normalized spacial score (nSPS) is 10.5. The fourth-order valence-corrected chi connectivity index (χ4v) is 2.33. The Morgan fingerprint density at radius 2 is 1.17 bits per heavy atom. The monoisotopic (exact) mass is 312 g/mol. The van der Waals surface area contributed by atoms with Crippen LogP contribution in [0.4, 0.5) is 14.5 Å². The Hall–Kier alpha value is -3.15. The number of hydrogen-bond donors (Lipinski definition) is 0. The Balaban J connectivity index is 2.22. The van der Waals surface area contributed by atoms with Gasteiger partial charge in [-0.2, -0.15) is 0 Å². The molecule has 0 unspecified atom stereocenters. The van der Waals surface area contributed by atoms with E-state index < -0.39 is 16.6 Å². The standard InChI is InChI=1S/C17H10F2N2O2/c18-13-5-1-11(2-6-13)15-9-20-10-16(17(15)21(22)23)12-3-7-14(19)8-4-12/h1-10H. The van der Waals surface area contributed by atoms with Crippen LogP contribution >= 0.6 is 0 Å². The van der Waals surface area contributed by atoms with Gasteiger partial charge < -0.3 is 0 Å². The summed E-state index contributed by atoms with van der Waals surface area (Å²) in [5.41, 5.74) is 1.36. The third kappa shape index (κ3) is 2.91. The summed E-state index contributed by atoms with van der Waals surface area (Å²) in [7, 11) is 0. The summed E-state index contributed by atoms with van der Waals surface area (Å²) >= 11 is 0. The van der Waals surface area contributed by atoms with Gasteiger partial charge in [0.25, 0.3) is 5.69 Å². The second-order valence-corrected chi connectivity index (χ2v) is 4.85. The van der Waals surface area contributed by atoms with Gasteiger partial charge in [-0.15, -0.1) is 0 Å². The first-order valence-electron chi connectivity index (χ1n) is 6.70. The van der Waals surface area contributed by atoms with Gasteiger partial charge in [0, 0.05) is 12.4 Å². The molecule has 114 valence electrons. The van der Waals surface area contributed by atoms with Crippen molar-refractivity contribution in [1.82, 2.24) is 4.98 Å². The fraction of sp³-hybridized carbons (Fsp3) is 0. The zero-order chi connectivity index (χ0) is 16.4. The number of hydrogen-bond acceptors (Lipinski definition) is 3. The van der Waals surface area contributed by atoms with Crippen LogP contribution in [0, 0.1) is 21.7 Å². The SMILES string of the molecule is O=[N+]([O-])c1c(-c2ccc(F)cc2)cncc1-c1ccc(F)cc1. The Bertz CT molecular complexity index is 799. The lowest BCUT2D eigenvalue weighted by Gasteiger charge is -2.08. The van der Waals surface area contributed by atoms with Crippen molar-refractivity contribution in [1.29, 1.82) is 0 Å². The van der Waals surface area contributed by atoms with Crippen LogP contribution in [0.15, 0.2) is 60.9 Å². The molecule has 0 bridgehead atoms. The van der Waals surface area contributed by atoms with Crippen molar-refractivity contribution in [2.45, 2.75) is 0 Å². The summed E-state index contributed by atoms with van der Waals surface area (Å²) in [4.78, 5) is 15.1. The molecule has 3 rings (SSSR count). The highest BCUT2D eigenvalue weighted by Crippen LogP contribution is 2.37. The van der Waals surface area contributed by atoms with Crippen LogP contribution in [0.5, 0.6) is 0 Å². The molecule has 2 aromatic carbocycles. The maximum atomic E-state index is 13.1. The molecule has 0 amide bonds. The van der Waals surface area contributed by atoms with E-state index in [1.807, 2.05) is 0 Å². The zero-order valence-corrected chi connectivity index (χ0v) is 11.7. The Labute approximate surface area is 130 Å². The van der Waals surface area contributed by atoms with E-state index in [4.69, 9.17) is 0 Å². The first kappa shape index (κ1) is 14.8. The van der Waals surface area contributed by atoms with E-state index in [-0.39, 0.29) is 16.8 Å². The zero-order valence-electron chi connectivity index (χ0n) is 11.7. The molecule has 0 fully saturated rings. The second kappa shape index (κ2) is 5.92. The minimum absolute atomic E-state index is 0.154. The van der Waals surface area contributed by atoms with Crippen LogP contribution in [-0.2, 0) is 0 Å². The van der Waals surface area contributed by atoms with E-state index in [9.17, 15) is 18.9 Å².